The number of hydrogen-bond donors (Lipinski definition) is 1. The third kappa shape index (κ3) is 5.54. The molecule has 8 nitrogen and oxygen atoms in total. The highest BCUT2D eigenvalue weighted by Gasteiger charge is 2.21. The molecule has 1 fully saturated rings. The lowest BCUT2D eigenvalue weighted by molar-refractivity contribution is 0.0600. The Morgan fingerprint density at radius 2 is 1.79 bits per heavy atom. The maximum absolute atomic E-state index is 11.5. The Bertz CT molecular complexity index is 777. The number of esters is 1. The number of carbonyl (C=O) groups is 1. The number of piperazine rings is 1. The first-order valence-electron chi connectivity index (χ1n) is 8.86. The van der Waals surface area contributed by atoms with Gasteiger partial charge in [0.05, 0.1) is 12.7 Å². The second kappa shape index (κ2) is 10.8. The first kappa shape index (κ1) is 21.9. The van der Waals surface area contributed by atoms with Crippen molar-refractivity contribution in [3.63, 3.8) is 0 Å². The Morgan fingerprint density at radius 3 is 2.36 bits per heavy atom. The zero-order valence-electron chi connectivity index (χ0n) is 16.0. The second-order valence-electron chi connectivity index (χ2n) is 6.11. The molecule has 0 spiro atoms. The maximum atomic E-state index is 11.5. The zero-order chi connectivity index (χ0) is 19.1. The van der Waals surface area contributed by atoms with Gasteiger partial charge in [-0.1, -0.05) is 12.1 Å². The largest absolute Gasteiger partial charge is 0.465 e. The lowest BCUT2D eigenvalue weighted by Crippen LogP contribution is -2.52. The molecule has 150 valence electrons. The highest BCUT2D eigenvalue weighted by atomic mass is 127. The Labute approximate surface area is 182 Å². The summed E-state index contributed by atoms with van der Waals surface area (Å²) in [5, 5.41) is 3.38. The number of aromatic nitrogens is 2. The van der Waals surface area contributed by atoms with Crippen LogP contribution in [0.3, 0.4) is 0 Å². The topological polar surface area (TPSA) is 83.0 Å². The molecule has 28 heavy (non-hydrogen) atoms. The molecule has 3 rings (SSSR count). The highest BCUT2D eigenvalue weighted by Crippen LogP contribution is 2.10. The summed E-state index contributed by atoms with van der Waals surface area (Å²) in [6.45, 7) is 4.02. The van der Waals surface area contributed by atoms with Gasteiger partial charge in [-0.15, -0.1) is 24.0 Å². The standard InChI is InChI=1S/C19H24N6O2.HI/c1-20-18(23-14-15-4-6-16(7-5-15)17(26)27-2)24-10-12-25(13-11-24)19-21-8-3-9-22-19;/h3-9H,10-14H2,1-2H3,(H,20,23);1H. The smallest absolute Gasteiger partial charge is 0.337 e. The molecule has 0 atom stereocenters. The van der Waals surface area contributed by atoms with Crippen LogP contribution in [0, 0.1) is 0 Å². The van der Waals surface area contributed by atoms with E-state index in [9.17, 15) is 4.79 Å². The molecule has 1 saturated heterocycles. The van der Waals surface area contributed by atoms with E-state index >= 15 is 0 Å². The number of halogens is 1. The molecule has 2 aromatic rings. The first-order valence-corrected chi connectivity index (χ1v) is 8.86. The Hall–Kier alpha value is -2.43. The summed E-state index contributed by atoms with van der Waals surface area (Å²) in [4.78, 5) is 28.9. The molecule has 0 saturated carbocycles. The van der Waals surface area contributed by atoms with E-state index < -0.39 is 0 Å². The minimum atomic E-state index is -0.328. The van der Waals surface area contributed by atoms with Gasteiger partial charge < -0.3 is 19.9 Å². The van der Waals surface area contributed by atoms with Gasteiger partial charge in [-0.3, -0.25) is 4.99 Å². The van der Waals surface area contributed by atoms with Gasteiger partial charge in [0.15, 0.2) is 5.96 Å². The monoisotopic (exact) mass is 496 g/mol. The third-order valence-corrected chi connectivity index (χ3v) is 4.45. The van der Waals surface area contributed by atoms with Gasteiger partial charge in [0.2, 0.25) is 5.95 Å². The number of benzene rings is 1. The predicted octanol–water partition coefficient (Wildman–Crippen LogP) is 1.78. The van der Waals surface area contributed by atoms with Crippen LogP contribution in [-0.2, 0) is 11.3 Å². The summed E-state index contributed by atoms with van der Waals surface area (Å²) in [7, 11) is 3.17. The number of methoxy groups -OCH3 is 1. The number of carbonyl (C=O) groups excluding carboxylic acids is 1. The van der Waals surface area contributed by atoms with Gasteiger partial charge in [-0.05, 0) is 23.8 Å². The van der Waals surface area contributed by atoms with Gasteiger partial charge in [0.25, 0.3) is 0 Å². The van der Waals surface area contributed by atoms with Crippen LogP contribution in [0.2, 0.25) is 0 Å². The average molecular weight is 496 g/mol. The van der Waals surface area contributed by atoms with E-state index in [-0.39, 0.29) is 29.9 Å². The van der Waals surface area contributed by atoms with Crippen molar-refractivity contribution in [2.24, 2.45) is 4.99 Å². The minimum absolute atomic E-state index is 0. The van der Waals surface area contributed by atoms with Crippen LogP contribution in [-0.4, -0.2) is 67.1 Å². The van der Waals surface area contributed by atoms with Crippen molar-refractivity contribution in [1.29, 1.82) is 0 Å². The molecule has 0 unspecified atom stereocenters. The predicted molar refractivity (Wildman–Crippen MR) is 119 cm³/mol. The van der Waals surface area contributed by atoms with E-state index in [2.05, 4.69) is 30.1 Å². The third-order valence-electron chi connectivity index (χ3n) is 4.45. The van der Waals surface area contributed by atoms with Crippen molar-refractivity contribution in [3.8, 4) is 0 Å². The number of nitrogens with one attached hydrogen (secondary N) is 1. The fourth-order valence-electron chi connectivity index (χ4n) is 2.96. The first-order chi connectivity index (χ1) is 13.2. The van der Waals surface area contributed by atoms with Gasteiger partial charge in [-0.25, -0.2) is 14.8 Å². The number of hydrogen-bond acceptors (Lipinski definition) is 6. The molecule has 1 aliphatic heterocycles. The van der Waals surface area contributed by atoms with Crippen molar-refractivity contribution in [1.82, 2.24) is 20.2 Å². The molecule has 1 aliphatic rings. The summed E-state index contributed by atoms with van der Waals surface area (Å²) >= 11 is 0. The molecule has 0 bridgehead atoms. The maximum Gasteiger partial charge on any atom is 0.337 e. The van der Waals surface area contributed by atoms with Gasteiger partial charge in [0.1, 0.15) is 0 Å². The van der Waals surface area contributed by atoms with E-state index in [0.29, 0.717) is 12.1 Å². The van der Waals surface area contributed by atoms with Crippen LogP contribution < -0.4 is 10.2 Å². The number of rotatable bonds is 4. The van der Waals surface area contributed by atoms with E-state index in [4.69, 9.17) is 4.74 Å². The molecule has 0 aliphatic carbocycles. The Balaban J connectivity index is 0.00000280. The molecule has 0 radical (unpaired) electrons. The molecular formula is C19H25IN6O2. The lowest BCUT2D eigenvalue weighted by atomic mass is 10.1. The van der Waals surface area contributed by atoms with Crippen molar-refractivity contribution in [3.05, 3.63) is 53.9 Å². The summed E-state index contributed by atoms with van der Waals surface area (Å²) < 4.78 is 4.72. The van der Waals surface area contributed by atoms with Crippen LogP contribution >= 0.6 is 24.0 Å². The molecule has 1 aromatic heterocycles. The molecule has 1 aromatic carbocycles. The van der Waals surface area contributed by atoms with Crippen molar-refractivity contribution in [2.45, 2.75) is 6.54 Å². The fraction of sp³-hybridized carbons (Fsp3) is 0.368. The number of guanidine groups is 1. The van der Waals surface area contributed by atoms with Crippen LogP contribution in [0.15, 0.2) is 47.7 Å². The van der Waals surface area contributed by atoms with Gasteiger partial charge in [0, 0.05) is 52.2 Å². The number of anilines is 1. The SMILES string of the molecule is CN=C(NCc1ccc(C(=O)OC)cc1)N1CCN(c2ncccn2)CC1.I. The summed E-state index contributed by atoms with van der Waals surface area (Å²) in [6, 6.07) is 9.19. The molecule has 2 heterocycles. The van der Waals surface area contributed by atoms with E-state index in [1.54, 1.807) is 31.6 Å². The molecular weight excluding hydrogens is 471 g/mol. The Morgan fingerprint density at radius 1 is 1.14 bits per heavy atom. The summed E-state index contributed by atoms with van der Waals surface area (Å²) in [6.07, 6.45) is 3.53. The van der Waals surface area contributed by atoms with Crippen LogP contribution in [0.1, 0.15) is 15.9 Å². The quantitative estimate of drug-likeness (QED) is 0.299. The van der Waals surface area contributed by atoms with Crippen molar-refractivity contribution >= 4 is 41.9 Å². The van der Waals surface area contributed by atoms with Gasteiger partial charge in [-0.2, -0.15) is 0 Å². The van der Waals surface area contributed by atoms with Crippen molar-refractivity contribution in [2.75, 3.05) is 45.2 Å². The zero-order valence-corrected chi connectivity index (χ0v) is 18.4. The van der Waals surface area contributed by atoms with E-state index in [1.165, 1.54) is 7.11 Å². The van der Waals surface area contributed by atoms with Crippen LogP contribution in [0.5, 0.6) is 0 Å². The highest BCUT2D eigenvalue weighted by molar-refractivity contribution is 14.0. The average Bonchev–Trinajstić information content (AvgIpc) is 2.75. The number of ether oxygens (including phenoxy) is 1. The van der Waals surface area contributed by atoms with Crippen molar-refractivity contribution < 1.29 is 9.53 Å². The molecule has 9 heteroatoms. The summed E-state index contributed by atoms with van der Waals surface area (Å²) in [5.41, 5.74) is 1.62. The lowest BCUT2D eigenvalue weighted by Gasteiger charge is -2.36. The van der Waals surface area contributed by atoms with Crippen LogP contribution in [0.25, 0.3) is 0 Å². The number of nitrogens with zero attached hydrogens (tertiary/aromatic N) is 5. The molecule has 1 N–H and O–H groups in total. The van der Waals surface area contributed by atoms with Gasteiger partial charge >= 0.3 is 5.97 Å². The Kier molecular flexibility index (Phi) is 8.42. The fourth-order valence-corrected chi connectivity index (χ4v) is 2.96. The van der Waals surface area contributed by atoms with E-state index in [0.717, 1.165) is 43.7 Å². The minimum Gasteiger partial charge on any atom is -0.465 e. The molecule has 0 amide bonds. The number of aliphatic imine (C=N–C) groups is 1. The summed E-state index contributed by atoms with van der Waals surface area (Å²) in [5.74, 6) is 1.30. The normalized spacial score (nSPS) is 14.3. The van der Waals surface area contributed by atoms with E-state index in [1.807, 2.05) is 18.2 Å². The second-order valence-corrected chi connectivity index (χ2v) is 6.11. The van der Waals surface area contributed by atoms with Crippen LogP contribution in [0.4, 0.5) is 5.95 Å².